The van der Waals surface area contributed by atoms with Crippen molar-refractivity contribution in [1.82, 2.24) is 0 Å². The summed E-state index contributed by atoms with van der Waals surface area (Å²) in [6, 6.07) is 3.69. The molecule has 3 nitrogen and oxygen atoms in total. The average Bonchev–Trinajstić information content (AvgIpc) is 2.28. The number of methoxy groups -OCH3 is 1. The average molecular weight is 259 g/mol. The van der Waals surface area contributed by atoms with E-state index in [-0.39, 0.29) is 0 Å². The van der Waals surface area contributed by atoms with Crippen LogP contribution in [0, 0.1) is 13.8 Å². The Morgan fingerprint density at radius 2 is 1.76 bits per heavy atom. The van der Waals surface area contributed by atoms with Gasteiger partial charge in [0.15, 0.2) is 0 Å². The third kappa shape index (κ3) is 3.35. The van der Waals surface area contributed by atoms with Crippen molar-refractivity contribution in [3.63, 3.8) is 0 Å². The van der Waals surface area contributed by atoms with Crippen LogP contribution in [-0.2, 0) is 0 Å². The van der Waals surface area contributed by atoms with Gasteiger partial charge in [-0.15, -0.1) is 11.6 Å². The Bertz CT molecular complexity index is 356. The van der Waals surface area contributed by atoms with E-state index in [0.29, 0.717) is 12.3 Å². The maximum absolute atomic E-state index is 10.1. The summed E-state index contributed by atoms with van der Waals surface area (Å²) in [5.41, 5.74) is 2.56. The molecule has 96 valence electrons. The van der Waals surface area contributed by atoms with Crippen molar-refractivity contribution >= 4 is 11.6 Å². The van der Waals surface area contributed by atoms with Gasteiger partial charge in [-0.3, -0.25) is 0 Å². The molecule has 0 amide bonds. The highest BCUT2D eigenvalue weighted by Gasteiger charge is 2.21. The number of ether oxygens (including phenoxy) is 1. The largest absolute Gasteiger partial charge is 0.497 e. The van der Waals surface area contributed by atoms with E-state index in [0.717, 1.165) is 22.4 Å². The molecule has 1 aromatic carbocycles. The molecule has 0 fully saturated rings. The number of alkyl halides is 1. The summed E-state index contributed by atoms with van der Waals surface area (Å²) in [5.74, 6) is 1.08. The number of hydrogen-bond acceptors (Lipinski definition) is 3. The monoisotopic (exact) mass is 258 g/mol. The Hall–Kier alpha value is -0.770. The molecule has 2 unspecified atom stereocenters. The molecular formula is C13H19ClO3. The molecule has 0 aromatic heterocycles. The first-order valence-electron chi connectivity index (χ1n) is 5.58. The molecule has 4 heteroatoms. The molecule has 0 saturated carbocycles. The van der Waals surface area contributed by atoms with Gasteiger partial charge in [-0.1, -0.05) is 0 Å². The second kappa shape index (κ2) is 6.24. The van der Waals surface area contributed by atoms with Crippen LogP contribution < -0.4 is 4.74 Å². The van der Waals surface area contributed by atoms with Crippen molar-refractivity contribution in [1.29, 1.82) is 0 Å². The topological polar surface area (TPSA) is 49.7 Å². The lowest BCUT2D eigenvalue weighted by Gasteiger charge is -2.21. The lowest BCUT2D eigenvalue weighted by atomic mass is 9.93. The zero-order valence-corrected chi connectivity index (χ0v) is 11.2. The number of aliphatic hydroxyl groups excluding tert-OH is 2. The summed E-state index contributed by atoms with van der Waals surface area (Å²) in [4.78, 5) is 0. The minimum Gasteiger partial charge on any atom is -0.497 e. The maximum atomic E-state index is 10.1. The van der Waals surface area contributed by atoms with Crippen molar-refractivity contribution in [2.45, 2.75) is 32.5 Å². The summed E-state index contributed by atoms with van der Waals surface area (Å²) in [7, 11) is 1.60. The zero-order valence-electron chi connectivity index (χ0n) is 10.4. The van der Waals surface area contributed by atoms with E-state index in [1.165, 1.54) is 0 Å². The second-order valence-corrected chi connectivity index (χ2v) is 4.54. The van der Waals surface area contributed by atoms with E-state index in [1.54, 1.807) is 7.11 Å². The fourth-order valence-electron chi connectivity index (χ4n) is 1.98. The van der Waals surface area contributed by atoms with E-state index in [1.807, 2.05) is 26.0 Å². The highest BCUT2D eigenvalue weighted by molar-refractivity contribution is 6.17. The Labute approximate surface area is 107 Å². The standard InChI is InChI=1S/C13H19ClO3/c1-8-6-10(17-3)7-9(2)12(8)13(16)11(15)4-5-14/h6-7,11,13,15-16H,4-5H2,1-3H3. The normalized spacial score (nSPS) is 14.5. The van der Waals surface area contributed by atoms with E-state index < -0.39 is 12.2 Å². The first-order valence-corrected chi connectivity index (χ1v) is 6.12. The van der Waals surface area contributed by atoms with Crippen LogP contribution in [0.15, 0.2) is 12.1 Å². The van der Waals surface area contributed by atoms with Crippen molar-refractivity contribution in [3.8, 4) is 5.75 Å². The minimum atomic E-state index is -0.903. The van der Waals surface area contributed by atoms with Gasteiger partial charge >= 0.3 is 0 Å². The summed E-state index contributed by atoms with van der Waals surface area (Å²) in [5, 5.41) is 19.9. The smallest absolute Gasteiger partial charge is 0.119 e. The Kier molecular flexibility index (Phi) is 5.25. The first-order chi connectivity index (χ1) is 8.01. The number of rotatable bonds is 5. The molecule has 0 saturated heterocycles. The fourth-order valence-corrected chi connectivity index (χ4v) is 2.20. The molecule has 0 spiro atoms. The van der Waals surface area contributed by atoms with Crippen LogP contribution in [0.25, 0.3) is 0 Å². The molecule has 0 radical (unpaired) electrons. The van der Waals surface area contributed by atoms with Gasteiger partial charge in [0.1, 0.15) is 11.9 Å². The molecule has 2 atom stereocenters. The van der Waals surface area contributed by atoms with Gasteiger partial charge in [-0.05, 0) is 49.1 Å². The molecule has 0 aliphatic rings. The van der Waals surface area contributed by atoms with E-state index >= 15 is 0 Å². The summed E-state index contributed by atoms with van der Waals surface area (Å²) in [6.07, 6.45) is -1.37. The summed E-state index contributed by atoms with van der Waals surface area (Å²) < 4.78 is 5.15. The maximum Gasteiger partial charge on any atom is 0.119 e. The van der Waals surface area contributed by atoms with Crippen LogP contribution in [-0.4, -0.2) is 29.3 Å². The minimum absolute atomic E-state index is 0.326. The number of benzene rings is 1. The molecule has 1 aromatic rings. The van der Waals surface area contributed by atoms with Crippen molar-refractivity contribution in [2.75, 3.05) is 13.0 Å². The van der Waals surface area contributed by atoms with Gasteiger partial charge in [0, 0.05) is 5.88 Å². The van der Waals surface area contributed by atoms with Crippen LogP contribution in [0.4, 0.5) is 0 Å². The van der Waals surface area contributed by atoms with E-state index in [4.69, 9.17) is 16.3 Å². The molecule has 17 heavy (non-hydrogen) atoms. The van der Waals surface area contributed by atoms with Crippen LogP contribution in [0.1, 0.15) is 29.2 Å². The first kappa shape index (κ1) is 14.3. The Balaban J connectivity index is 3.05. The lowest BCUT2D eigenvalue weighted by molar-refractivity contribution is 0.0162. The van der Waals surface area contributed by atoms with E-state index in [9.17, 15) is 10.2 Å². The van der Waals surface area contributed by atoms with Gasteiger partial charge in [-0.2, -0.15) is 0 Å². The Morgan fingerprint density at radius 1 is 1.24 bits per heavy atom. The Morgan fingerprint density at radius 3 is 2.18 bits per heavy atom. The molecule has 0 heterocycles. The number of halogens is 1. The van der Waals surface area contributed by atoms with Gasteiger partial charge < -0.3 is 14.9 Å². The molecule has 0 bridgehead atoms. The van der Waals surface area contributed by atoms with Crippen molar-refractivity contribution < 1.29 is 14.9 Å². The highest BCUT2D eigenvalue weighted by atomic mass is 35.5. The summed E-state index contributed by atoms with van der Waals surface area (Å²) >= 11 is 5.56. The summed E-state index contributed by atoms with van der Waals surface area (Å²) in [6.45, 7) is 3.78. The third-order valence-corrected chi connectivity index (χ3v) is 3.09. The molecule has 2 N–H and O–H groups in total. The number of aliphatic hydroxyl groups is 2. The SMILES string of the molecule is COc1cc(C)c(C(O)C(O)CCCl)c(C)c1. The predicted molar refractivity (Wildman–Crippen MR) is 68.8 cm³/mol. The highest BCUT2D eigenvalue weighted by Crippen LogP contribution is 2.29. The van der Waals surface area contributed by atoms with Crippen LogP contribution >= 0.6 is 11.6 Å². The van der Waals surface area contributed by atoms with E-state index in [2.05, 4.69) is 0 Å². The number of aryl methyl sites for hydroxylation is 2. The molecular weight excluding hydrogens is 240 g/mol. The number of hydrogen-bond donors (Lipinski definition) is 2. The second-order valence-electron chi connectivity index (χ2n) is 4.16. The van der Waals surface area contributed by atoms with Crippen LogP contribution in [0.5, 0.6) is 5.75 Å². The van der Waals surface area contributed by atoms with Crippen LogP contribution in [0.2, 0.25) is 0 Å². The van der Waals surface area contributed by atoms with Crippen molar-refractivity contribution in [2.24, 2.45) is 0 Å². The van der Waals surface area contributed by atoms with Gasteiger partial charge in [0.05, 0.1) is 13.2 Å². The quantitative estimate of drug-likeness (QED) is 0.797. The van der Waals surface area contributed by atoms with Gasteiger partial charge in [-0.25, -0.2) is 0 Å². The van der Waals surface area contributed by atoms with Gasteiger partial charge in [0.25, 0.3) is 0 Å². The van der Waals surface area contributed by atoms with Crippen molar-refractivity contribution in [3.05, 3.63) is 28.8 Å². The predicted octanol–water partition coefficient (Wildman–Crippen LogP) is 2.34. The lowest BCUT2D eigenvalue weighted by Crippen LogP contribution is -2.20. The van der Waals surface area contributed by atoms with Crippen LogP contribution in [0.3, 0.4) is 0 Å². The molecule has 1 rings (SSSR count). The molecule has 0 aliphatic heterocycles. The fraction of sp³-hybridized carbons (Fsp3) is 0.538. The third-order valence-electron chi connectivity index (χ3n) is 2.87. The van der Waals surface area contributed by atoms with Gasteiger partial charge in [0.2, 0.25) is 0 Å². The zero-order chi connectivity index (χ0) is 13.0. The molecule has 0 aliphatic carbocycles.